The monoisotopic (exact) mass is 398 g/mol. The van der Waals surface area contributed by atoms with Gasteiger partial charge in [-0.15, -0.1) is 5.10 Å². The molecule has 5 rings (SSSR count). The molecule has 148 valence electrons. The highest BCUT2D eigenvalue weighted by molar-refractivity contribution is 5.92. The van der Waals surface area contributed by atoms with Crippen LogP contribution in [0.15, 0.2) is 65.3 Å². The van der Waals surface area contributed by atoms with Crippen molar-refractivity contribution >= 4 is 11.1 Å². The maximum Gasteiger partial charge on any atom is 0.179 e. The van der Waals surface area contributed by atoms with Crippen molar-refractivity contribution in [1.29, 1.82) is 0 Å². The fourth-order valence-electron chi connectivity index (χ4n) is 3.31. The summed E-state index contributed by atoms with van der Waals surface area (Å²) in [6.45, 7) is 3.43. The van der Waals surface area contributed by atoms with E-state index in [4.69, 9.17) is 4.42 Å². The van der Waals surface area contributed by atoms with Crippen LogP contribution in [0.1, 0.15) is 19.5 Å². The lowest BCUT2D eigenvalue weighted by Crippen LogP contribution is -2.17. The molecule has 0 aliphatic carbocycles. The molecule has 0 aliphatic rings. The van der Waals surface area contributed by atoms with Crippen molar-refractivity contribution in [2.45, 2.75) is 19.4 Å². The zero-order valence-corrected chi connectivity index (χ0v) is 16.4. The topological polar surface area (TPSA) is 114 Å². The van der Waals surface area contributed by atoms with Gasteiger partial charge in [-0.2, -0.15) is 0 Å². The summed E-state index contributed by atoms with van der Waals surface area (Å²) in [5.41, 5.74) is 4.60. The van der Waals surface area contributed by atoms with E-state index in [1.165, 1.54) is 0 Å². The molecule has 5 aromatic rings. The first-order chi connectivity index (χ1) is 14.5. The Balaban J connectivity index is 1.56. The van der Waals surface area contributed by atoms with Crippen molar-refractivity contribution in [3.8, 4) is 33.8 Å². The molecule has 0 saturated heterocycles. The minimum Gasteiger partial charge on any atom is -0.454 e. The number of nitrogens with one attached hydrogen (secondary N) is 1. The van der Waals surface area contributed by atoms with Gasteiger partial charge in [0.1, 0.15) is 16.9 Å². The van der Waals surface area contributed by atoms with Gasteiger partial charge in [0.25, 0.3) is 0 Å². The van der Waals surface area contributed by atoms with Gasteiger partial charge in [-0.25, -0.2) is 5.10 Å². The summed E-state index contributed by atoms with van der Waals surface area (Å²) < 4.78 is 6.20. The van der Waals surface area contributed by atoms with Crippen molar-refractivity contribution in [3.05, 3.63) is 66.6 Å². The van der Waals surface area contributed by atoms with Gasteiger partial charge in [0.15, 0.2) is 11.4 Å². The van der Waals surface area contributed by atoms with Gasteiger partial charge in [-0.1, -0.05) is 24.3 Å². The predicted molar refractivity (Wildman–Crippen MR) is 111 cm³/mol. The van der Waals surface area contributed by atoms with Gasteiger partial charge >= 0.3 is 0 Å². The average molecular weight is 398 g/mol. The Hall–Kier alpha value is -3.91. The lowest BCUT2D eigenvalue weighted by molar-refractivity contribution is 0.0739. The van der Waals surface area contributed by atoms with Gasteiger partial charge in [0.05, 0.1) is 5.69 Å². The van der Waals surface area contributed by atoms with E-state index in [0.717, 1.165) is 27.8 Å². The number of nitrogens with zero attached hydrogens (tertiary/aromatic N) is 5. The highest BCUT2D eigenvalue weighted by Gasteiger charge is 2.19. The van der Waals surface area contributed by atoms with Gasteiger partial charge in [0.2, 0.25) is 0 Å². The van der Waals surface area contributed by atoms with Crippen LogP contribution < -0.4 is 0 Å². The first-order valence-electron chi connectivity index (χ1n) is 9.41. The molecule has 8 nitrogen and oxygen atoms in total. The molecule has 0 saturated carbocycles. The number of pyridine rings is 2. The van der Waals surface area contributed by atoms with Gasteiger partial charge in [-0.3, -0.25) is 9.97 Å². The third kappa shape index (κ3) is 3.23. The minimum absolute atomic E-state index is 0.592. The van der Waals surface area contributed by atoms with Crippen LogP contribution >= 0.6 is 0 Å². The molecule has 0 fully saturated rings. The summed E-state index contributed by atoms with van der Waals surface area (Å²) in [6, 6.07) is 15.3. The SMILES string of the molecule is CC(C)(O)c1cc(-c2ccnc3cc(-c4ccc(-c5nnn[nH]5)cc4)oc23)ccn1. The van der Waals surface area contributed by atoms with Crippen LogP contribution in [0, 0.1) is 0 Å². The summed E-state index contributed by atoms with van der Waals surface area (Å²) in [4.78, 5) is 8.74. The molecule has 2 N–H and O–H groups in total. The lowest BCUT2D eigenvalue weighted by Gasteiger charge is -2.17. The minimum atomic E-state index is -1.03. The van der Waals surface area contributed by atoms with Crippen LogP contribution in [0.3, 0.4) is 0 Å². The van der Waals surface area contributed by atoms with Crippen molar-refractivity contribution in [2.24, 2.45) is 0 Å². The molecule has 0 aliphatic heterocycles. The van der Waals surface area contributed by atoms with Crippen LogP contribution in [-0.4, -0.2) is 35.7 Å². The number of hydrogen-bond acceptors (Lipinski definition) is 7. The van der Waals surface area contributed by atoms with E-state index in [1.807, 2.05) is 48.5 Å². The van der Waals surface area contributed by atoms with E-state index in [1.54, 1.807) is 26.2 Å². The highest BCUT2D eigenvalue weighted by atomic mass is 16.3. The Morgan fingerprint density at radius 2 is 1.67 bits per heavy atom. The molecule has 0 amide bonds. The number of aromatic amines is 1. The van der Waals surface area contributed by atoms with Gasteiger partial charge in [0, 0.05) is 35.2 Å². The van der Waals surface area contributed by atoms with Crippen LogP contribution in [-0.2, 0) is 5.60 Å². The van der Waals surface area contributed by atoms with Crippen LogP contribution in [0.4, 0.5) is 0 Å². The molecular formula is C22H18N6O2. The molecule has 0 radical (unpaired) electrons. The summed E-state index contributed by atoms with van der Waals surface area (Å²) in [6.07, 6.45) is 3.44. The predicted octanol–water partition coefficient (Wildman–Crippen LogP) is 3.96. The van der Waals surface area contributed by atoms with Crippen LogP contribution in [0.5, 0.6) is 0 Å². The van der Waals surface area contributed by atoms with Crippen LogP contribution in [0.2, 0.25) is 0 Å². The number of H-pyrrole nitrogens is 1. The summed E-state index contributed by atoms with van der Waals surface area (Å²) in [5, 5.41) is 24.2. The van der Waals surface area contributed by atoms with E-state index in [0.29, 0.717) is 22.9 Å². The smallest absolute Gasteiger partial charge is 0.179 e. The summed E-state index contributed by atoms with van der Waals surface area (Å²) >= 11 is 0. The molecule has 8 heteroatoms. The molecule has 0 spiro atoms. The quantitative estimate of drug-likeness (QED) is 0.471. The van der Waals surface area contributed by atoms with E-state index in [-0.39, 0.29) is 0 Å². The Morgan fingerprint density at radius 3 is 2.40 bits per heavy atom. The summed E-state index contributed by atoms with van der Waals surface area (Å²) in [7, 11) is 0. The van der Waals surface area contributed by atoms with Crippen molar-refractivity contribution in [3.63, 3.8) is 0 Å². The zero-order chi connectivity index (χ0) is 20.7. The molecular weight excluding hydrogens is 380 g/mol. The number of hydrogen-bond donors (Lipinski definition) is 2. The maximum absolute atomic E-state index is 10.3. The summed E-state index contributed by atoms with van der Waals surface area (Å²) in [5.74, 6) is 1.32. The number of tetrazole rings is 1. The normalized spacial score (nSPS) is 11.8. The molecule has 4 aromatic heterocycles. The number of benzene rings is 1. The number of fused-ring (bicyclic) bond motifs is 1. The van der Waals surface area contributed by atoms with Crippen molar-refractivity contribution in [2.75, 3.05) is 0 Å². The Bertz CT molecular complexity index is 1320. The molecule has 0 bridgehead atoms. The second-order valence-corrected chi connectivity index (χ2v) is 7.50. The first-order valence-corrected chi connectivity index (χ1v) is 9.41. The number of rotatable bonds is 4. The van der Waals surface area contributed by atoms with E-state index < -0.39 is 5.60 Å². The van der Waals surface area contributed by atoms with Crippen LogP contribution in [0.25, 0.3) is 44.9 Å². The first kappa shape index (κ1) is 18.1. The maximum atomic E-state index is 10.3. The number of furan rings is 1. The van der Waals surface area contributed by atoms with E-state index in [2.05, 4.69) is 30.6 Å². The van der Waals surface area contributed by atoms with E-state index >= 15 is 0 Å². The standard InChI is InChI=1S/C22H18N6O2/c1-22(2,29)19-11-15(7-9-24-19)16-8-10-23-17-12-18(30-20(16)17)13-3-5-14(6-4-13)21-25-27-28-26-21/h3-12,29H,1-2H3,(H,25,26,27,28). The van der Waals surface area contributed by atoms with Gasteiger partial charge in [-0.05, 0) is 48.0 Å². The van der Waals surface area contributed by atoms with Crippen molar-refractivity contribution < 1.29 is 9.52 Å². The molecule has 1 aromatic carbocycles. The fraction of sp³-hybridized carbons (Fsp3) is 0.136. The highest BCUT2D eigenvalue weighted by Crippen LogP contribution is 2.34. The van der Waals surface area contributed by atoms with Gasteiger partial charge < -0.3 is 9.52 Å². The van der Waals surface area contributed by atoms with E-state index in [9.17, 15) is 5.11 Å². The third-order valence-electron chi connectivity index (χ3n) is 4.90. The average Bonchev–Trinajstić information content (AvgIpc) is 3.43. The second-order valence-electron chi connectivity index (χ2n) is 7.50. The second kappa shape index (κ2) is 6.85. The third-order valence-corrected chi connectivity index (χ3v) is 4.90. The Morgan fingerprint density at radius 1 is 0.900 bits per heavy atom. The van der Waals surface area contributed by atoms with Crippen molar-refractivity contribution in [1.82, 2.24) is 30.6 Å². The Kier molecular flexibility index (Phi) is 4.14. The molecule has 0 unspecified atom stereocenters. The fourth-order valence-corrected chi connectivity index (χ4v) is 3.31. The lowest BCUT2D eigenvalue weighted by atomic mass is 10.00. The molecule has 4 heterocycles. The molecule has 0 atom stereocenters. The molecule has 30 heavy (non-hydrogen) atoms. The zero-order valence-electron chi connectivity index (χ0n) is 16.4. The largest absolute Gasteiger partial charge is 0.454 e. The number of aliphatic hydroxyl groups is 1. The Labute approximate surface area is 171 Å². The number of aromatic nitrogens is 6.